The molecule has 1 rings (SSSR count). The third kappa shape index (κ3) is 2.48. The molecule has 0 fully saturated rings. The van der Waals surface area contributed by atoms with Gasteiger partial charge in [-0.15, -0.1) is 0 Å². The van der Waals surface area contributed by atoms with Crippen LogP contribution < -0.4 is 5.73 Å². The minimum Gasteiger partial charge on any atom is -0.469 e. The number of rotatable bonds is 4. The highest BCUT2D eigenvalue weighted by atomic mass is 16.6. The number of hydrogen-bond acceptors (Lipinski definition) is 5. The van der Waals surface area contributed by atoms with Gasteiger partial charge < -0.3 is 10.5 Å². The molecule has 0 aliphatic heterocycles. The Kier molecular flexibility index (Phi) is 4.03. The maximum Gasteiger partial charge on any atom is 0.313 e. The van der Waals surface area contributed by atoms with Gasteiger partial charge in [0.05, 0.1) is 29.1 Å². The van der Waals surface area contributed by atoms with Crippen LogP contribution in [0.15, 0.2) is 24.3 Å². The summed E-state index contributed by atoms with van der Waals surface area (Å²) < 4.78 is 4.65. The fraction of sp³-hybridized carbons (Fsp3) is 0.333. The third-order valence-electron chi connectivity index (χ3n) is 2.76. The number of nitrogens with zero attached hydrogens (tertiary/aromatic N) is 1. The highest BCUT2D eigenvalue weighted by molar-refractivity contribution is 5.80. The lowest BCUT2D eigenvalue weighted by molar-refractivity contribution is -0.385. The molecule has 1 radical (unpaired) electrons. The van der Waals surface area contributed by atoms with E-state index in [1.807, 2.05) is 0 Å². The van der Waals surface area contributed by atoms with Crippen LogP contribution in [0.3, 0.4) is 0 Å². The predicted octanol–water partition coefficient (Wildman–Crippen LogP) is 1.63. The van der Waals surface area contributed by atoms with Crippen molar-refractivity contribution in [2.75, 3.05) is 7.11 Å². The molecule has 0 amide bonds. The molecule has 0 spiro atoms. The van der Waals surface area contributed by atoms with Crippen LogP contribution in [0.5, 0.6) is 0 Å². The van der Waals surface area contributed by atoms with Gasteiger partial charge in [-0.25, -0.2) is 0 Å². The van der Waals surface area contributed by atoms with Gasteiger partial charge >= 0.3 is 5.97 Å². The quantitative estimate of drug-likeness (QED) is 0.498. The lowest BCUT2D eigenvalue weighted by Crippen LogP contribution is -2.38. The molecule has 97 valence electrons. The summed E-state index contributed by atoms with van der Waals surface area (Å²) in [5.74, 6) is -0.543. The molecule has 0 saturated carbocycles. The average molecular weight is 251 g/mol. The molecule has 0 aliphatic rings. The first-order valence-corrected chi connectivity index (χ1v) is 5.27. The van der Waals surface area contributed by atoms with E-state index in [0.29, 0.717) is 0 Å². The topological polar surface area (TPSA) is 95.5 Å². The van der Waals surface area contributed by atoms with Crippen molar-refractivity contribution in [1.29, 1.82) is 0 Å². The summed E-state index contributed by atoms with van der Waals surface area (Å²) >= 11 is 0. The summed E-state index contributed by atoms with van der Waals surface area (Å²) in [5.41, 5.74) is 4.88. The largest absolute Gasteiger partial charge is 0.469 e. The Bertz CT molecular complexity index is 471. The minimum atomic E-state index is -1.12. The standard InChI is InChI=1S/C12H15N2O4/c1-12(2,11(15)18-3)10(13)8-6-4-5-7-9(8)14(16)17/h4-7H,13H2,1-3H3. The molecule has 0 atom stereocenters. The zero-order valence-electron chi connectivity index (χ0n) is 10.5. The van der Waals surface area contributed by atoms with Crippen molar-refractivity contribution in [1.82, 2.24) is 0 Å². The van der Waals surface area contributed by atoms with E-state index in [0.717, 1.165) is 0 Å². The van der Waals surface area contributed by atoms with E-state index >= 15 is 0 Å². The van der Waals surface area contributed by atoms with Crippen molar-refractivity contribution in [2.24, 2.45) is 11.1 Å². The van der Waals surface area contributed by atoms with Crippen LogP contribution in [0.25, 0.3) is 0 Å². The Morgan fingerprint density at radius 3 is 2.44 bits per heavy atom. The first-order valence-electron chi connectivity index (χ1n) is 5.27. The molecule has 6 heteroatoms. The lowest BCUT2D eigenvalue weighted by atomic mass is 9.80. The second kappa shape index (κ2) is 5.14. The second-order valence-corrected chi connectivity index (χ2v) is 4.30. The summed E-state index contributed by atoms with van der Waals surface area (Å²) in [6.45, 7) is 3.12. The van der Waals surface area contributed by atoms with Crippen LogP contribution in [-0.2, 0) is 9.53 Å². The van der Waals surface area contributed by atoms with Gasteiger partial charge in [0.25, 0.3) is 5.69 Å². The number of nitro benzene ring substituents is 1. The van der Waals surface area contributed by atoms with Crippen LogP contribution in [0.4, 0.5) is 5.69 Å². The second-order valence-electron chi connectivity index (χ2n) is 4.30. The molecule has 18 heavy (non-hydrogen) atoms. The minimum absolute atomic E-state index is 0.113. The van der Waals surface area contributed by atoms with Crippen molar-refractivity contribution in [2.45, 2.75) is 13.8 Å². The van der Waals surface area contributed by atoms with E-state index in [9.17, 15) is 14.9 Å². The van der Waals surface area contributed by atoms with Crippen LogP contribution >= 0.6 is 0 Å². The summed E-state index contributed by atoms with van der Waals surface area (Å²) in [7, 11) is 1.25. The highest BCUT2D eigenvalue weighted by Gasteiger charge is 2.40. The number of ether oxygens (including phenoxy) is 1. The monoisotopic (exact) mass is 251 g/mol. The number of esters is 1. The van der Waals surface area contributed by atoms with E-state index in [-0.39, 0.29) is 17.3 Å². The Morgan fingerprint density at radius 2 is 1.94 bits per heavy atom. The van der Waals surface area contributed by atoms with Gasteiger partial charge in [-0.3, -0.25) is 14.9 Å². The molecule has 0 aromatic heterocycles. The number of carbonyl (C=O) groups excluding carboxylic acids is 1. The Hall–Kier alpha value is -1.95. The van der Waals surface area contributed by atoms with Crippen LogP contribution in [-0.4, -0.2) is 18.0 Å². The molecule has 0 aliphatic carbocycles. The zero-order chi connectivity index (χ0) is 13.9. The molecular formula is C12H15N2O4. The van der Waals surface area contributed by atoms with Gasteiger partial charge in [0.1, 0.15) is 0 Å². The van der Waals surface area contributed by atoms with Gasteiger partial charge in [0, 0.05) is 6.07 Å². The van der Waals surface area contributed by atoms with Gasteiger partial charge in [0.2, 0.25) is 0 Å². The number of nitro groups is 1. The molecule has 1 aromatic rings. The Morgan fingerprint density at radius 1 is 1.39 bits per heavy atom. The summed E-state index contributed by atoms with van der Waals surface area (Å²) in [6.07, 6.45) is 0. The maximum absolute atomic E-state index is 11.6. The van der Waals surface area contributed by atoms with Crippen LogP contribution in [0.2, 0.25) is 0 Å². The summed E-state index contributed by atoms with van der Waals surface area (Å²) in [5, 5.41) is 10.9. The number of para-hydroxylation sites is 1. The number of carbonyl (C=O) groups is 1. The van der Waals surface area contributed by atoms with Gasteiger partial charge in [-0.2, -0.15) is 0 Å². The van der Waals surface area contributed by atoms with E-state index in [1.54, 1.807) is 26.0 Å². The van der Waals surface area contributed by atoms with E-state index in [1.165, 1.54) is 19.2 Å². The molecule has 0 heterocycles. The number of methoxy groups -OCH3 is 1. The zero-order valence-corrected chi connectivity index (χ0v) is 10.5. The maximum atomic E-state index is 11.6. The predicted molar refractivity (Wildman–Crippen MR) is 65.4 cm³/mol. The van der Waals surface area contributed by atoms with E-state index < -0.39 is 16.3 Å². The van der Waals surface area contributed by atoms with Crippen LogP contribution in [0.1, 0.15) is 19.4 Å². The van der Waals surface area contributed by atoms with Crippen molar-refractivity contribution in [3.05, 3.63) is 46.0 Å². The van der Waals surface area contributed by atoms with Crippen LogP contribution in [0, 0.1) is 21.6 Å². The lowest BCUT2D eigenvalue weighted by Gasteiger charge is -2.27. The molecule has 0 saturated heterocycles. The molecule has 0 unspecified atom stereocenters. The normalized spacial score (nSPS) is 11.4. The van der Waals surface area contributed by atoms with Crippen molar-refractivity contribution in [3.8, 4) is 0 Å². The fourth-order valence-electron chi connectivity index (χ4n) is 1.56. The first kappa shape index (κ1) is 14.1. The third-order valence-corrected chi connectivity index (χ3v) is 2.76. The Labute approximate surface area is 105 Å². The van der Waals surface area contributed by atoms with Gasteiger partial charge in [-0.05, 0) is 13.8 Å². The molecular weight excluding hydrogens is 236 g/mol. The van der Waals surface area contributed by atoms with Crippen molar-refractivity contribution < 1.29 is 14.5 Å². The molecule has 6 nitrogen and oxygen atoms in total. The van der Waals surface area contributed by atoms with Crippen molar-refractivity contribution >= 4 is 11.7 Å². The number of nitrogens with two attached hydrogens (primary N) is 1. The highest BCUT2D eigenvalue weighted by Crippen LogP contribution is 2.35. The van der Waals surface area contributed by atoms with E-state index in [4.69, 9.17) is 5.73 Å². The molecule has 0 bridgehead atoms. The van der Waals surface area contributed by atoms with Crippen molar-refractivity contribution in [3.63, 3.8) is 0 Å². The smallest absolute Gasteiger partial charge is 0.313 e. The number of benzene rings is 1. The van der Waals surface area contributed by atoms with E-state index in [2.05, 4.69) is 4.74 Å². The average Bonchev–Trinajstić information content (AvgIpc) is 2.36. The SMILES string of the molecule is COC(=O)C(C)(C)[C](N)c1ccccc1[N+](=O)[O-]. The summed E-state index contributed by atoms with van der Waals surface area (Å²) in [6, 6.07) is 6.14. The first-order chi connectivity index (χ1) is 8.32. The summed E-state index contributed by atoms with van der Waals surface area (Å²) in [4.78, 5) is 22.0. The number of hydrogen-bond donors (Lipinski definition) is 1. The van der Waals surface area contributed by atoms with Gasteiger partial charge in [0.15, 0.2) is 0 Å². The fourth-order valence-corrected chi connectivity index (χ4v) is 1.56. The van der Waals surface area contributed by atoms with Gasteiger partial charge in [-0.1, -0.05) is 18.2 Å². The molecule has 1 aromatic carbocycles. The molecule has 2 N–H and O–H groups in total. The Balaban J connectivity index is 3.22.